The molecule has 0 unspecified atom stereocenters. The SMILES string of the molecule is Cc1cnc2[nH]cnc2c1N. The molecule has 0 radical (unpaired) electrons. The lowest BCUT2D eigenvalue weighted by Gasteiger charge is -1.97. The summed E-state index contributed by atoms with van der Waals surface area (Å²) >= 11 is 0. The summed E-state index contributed by atoms with van der Waals surface area (Å²) < 4.78 is 0. The number of hydrogen-bond donors (Lipinski definition) is 2. The normalized spacial score (nSPS) is 10.6. The second-order valence-electron chi connectivity index (χ2n) is 2.45. The molecule has 3 N–H and O–H groups in total. The van der Waals surface area contributed by atoms with Crippen molar-refractivity contribution in [3.05, 3.63) is 18.1 Å². The highest BCUT2D eigenvalue weighted by atomic mass is 15.0. The zero-order valence-corrected chi connectivity index (χ0v) is 6.13. The van der Waals surface area contributed by atoms with E-state index in [1.54, 1.807) is 12.5 Å². The van der Waals surface area contributed by atoms with Crippen molar-refractivity contribution in [2.24, 2.45) is 0 Å². The first-order chi connectivity index (χ1) is 5.29. The first-order valence-electron chi connectivity index (χ1n) is 3.33. The largest absolute Gasteiger partial charge is 0.397 e. The summed E-state index contributed by atoms with van der Waals surface area (Å²) in [4.78, 5) is 11.0. The van der Waals surface area contributed by atoms with Crippen molar-refractivity contribution in [3.63, 3.8) is 0 Å². The first kappa shape index (κ1) is 6.15. The average Bonchev–Trinajstić information content (AvgIpc) is 2.45. The summed E-state index contributed by atoms with van der Waals surface area (Å²) in [6, 6.07) is 0. The van der Waals surface area contributed by atoms with Crippen LogP contribution in [0.15, 0.2) is 12.5 Å². The van der Waals surface area contributed by atoms with Crippen LogP contribution in [0.2, 0.25) is 0 Å². The Labute approximate surface area is 63.5 Å². The molecule has 56 valence electrons. The maximum atomic E-state index is 5.74. The summed E-state index contributed by atoms with van der Waals surface area (Å²) in [6.45, 7) is 1.91. The van der Waals surface area contributed by atoms with Crippen LogP contribution in [0.5, 0.6) is 0 Å². The van der Waals surface area contributed by atoms with Crippen LogP contribution in [0, 0.1) is 6.92 Å². The minimum absolute atomic E-state index is 0.705. The number of aromatic amines is 1. The number of nitrogens with one attached hydrogen (secondary N) is 1. The molecule has 0 amide bonds. The van der Waals surface area contributed by atoms with Crippen molar-refractivity contribution >= 4 is 16.9 Å². The van der Waals surface area contributed by atoms with Crippen LogP contribution in [0.1, 0.15) is 5.56 Å². The molecule has 2 aromatic rings. The van der Waals surface area contributed by atoms with Gasteiger partial charge in [0.05, 0.1) is 12.0 Å². The van der Waals surface area contributed by atoms with Gasteiger partial charge in [-0.3, -0.25) is 0 Å². The third-order valence-corrected chi connectivity index (χ3v) is 1.69. The third-order valence-electron chi connectivity index (χ3n) is 1.69. The molecule has 0 aliphatic rings. The maximum absolute atomic E-state index is 5.74. The average molecular weight is 148 g/mol. The van der Waals surface area contributed by atoms with Crippen LogP contribution in [-0.4, -0.2) is 15.0 Å². The number of hydrogen-bond acceptors (Lipinski definition) is 3. The number of aryl methyl sites for hydroxylation is 1. The van der Waals surface area contributed by atoms with Gasteiger partial charge in [-0.05, 0) is 12.5 Å². The number of anilines is 1. The van der Waals surface area contributed by atoms with Crippen LogP contribution >= 0.6 is 0 Å². The molecule has 0 atom stereocenters. The van der Waals surface area contributed by atoms with Gasteiger partial charge in [-0.25, -0.2) is 9.97 Å². The zero-order chi connectivity index (χ0) is 7.84. The van der Waals surface area contributed by atoms with E-state index in [1.807, 2.05) is 6.92 Å². The molecule has 0 aromatic carbocycles. The van der Waals surface area contributed by atoms with Gasteiger partial charge in [0.15, 0.2) is 5.65 Å². The van der Waals surface area contributed by atoms with Gasteiger partial charge in [0.25, 0.3) is 0 Å². The van der Waals surface area contributed by atoms with Crippen LogP contribution in [0.25, 0.3) is 11.2 Å². The van der Waals surface area contributed by atoms with Crippen molar-refractivity contribution in [2.45, 2.75) is 6.92 Å². The Morgan fingerprint density at radius 2 is 2.27 bits per heavy atom. The number of nitrogens with zero attached hydrogens (tertiary/aromatic N) is 2. The fraction of sp³-hybridized carbons (Fsp3) is 0.143. The van der Waals surface area contributed by atoms with Crippen LogP contribution in [0.3, 0.4) is 0 Å². The molecule has 0 aliphatic carbocycles. The van der Waals surface area contributed by atoms with Gasteiger partial charge in [-0.2, -0.15) is 0 Å². The van der Waals surface area contributed by atoms with E-state index in [4.69, 9.17) is 5.73 Å². The van der Waals surface area contributed by atoms with E-state index in [0.717, 1.165) is 16.7 Å². The van der Waals surface area contributed by atoms with Gasteiger partial charge in [-0.1, -0.05) is 0 Å². The van der Waals surface area contributed by atoms with Crippen LogP contribution < -0.4 is 5.73 Å². The molecule has 2 aromatic heterocycles. The zero-order valence-electron chi connectivity index (χ0n) is 6.13. The smallest absolute Gasteiger partial charge is 0.159 e. The minimum atomic E-state index is 0.705. The molecule has 0 spiro atoms. The van der Waals surface area contributed by atoms with E-state index in [1.165, 1.54) is 0 Å². The lowest BCUT2D eigenvalue weighted by atomic mass is 10.2. The minimum Gasteiger partial charge on any atom is -0.397 e. The van der Waals surface area contributed by atoms with E-state index in [9.17, 15) is 0 Å². The predicted molar refractivity (Wildman–Crippen MR) is 43.0 cm³/mol. The Balaban J connectivity index is 2.93. The van der Waals surface area contributed by atoms with Crippen molar-refractivity contribution < 1.29 is 0 Å². The van der Waals surface area contributed by atoms with E-state index in [-0.39, 0.29) is 0 Å². The third kappa shape index (κ3) is 0.756. The molecule has 0 bridgehead atoms. The van der Waals surface area contributed by atoms with Gasteiger partial charge in [0.2, 0.25) is 0 Å². The molecular weight excluding hydrogens is 140 g/mol. The summed E-state index contributed by atoms with van der Waals surface area (Å²) in [5, 5.41) is 0. The quantitative estimate of drug-likeness (QED) is 0.582. The number of H-pyrrole nitrogens is 1. The lowest BCUT2D eigenvalue weighted by Crippen LogP contribution is -1.92. The van der Waals surface area contributed by atoms with E-state index in [2.05, 4.69) is 15.0 Å². The van der Waals surface area contributed by atoms with Crippen LogP contribution in [0.4, 0.5) is 5.69 Å². The predicted octanol–water partition coefficient (Wildman–Crippen LogP) is 0.849. The summed E-state index contributed by atoms with van der Waals surface area (Å²) in [7, 11) is 0. The van der Waals surface area contributed by atoms with Crippen molar-refractivity contribution in [1.29, 1.82) is 0 Å². The molecule has 0 saturated carbocycles. The van der Waals surface area contributed by atoms with Gasteiger partial charge in [-0.15, -0.1) is 0 Å². The van der Waals surface area contributed by atoms with Gasteiger partial charge < -0.3 is 10.7 Å². The molecular formula is C7H8N4. The molecule has 0 aliphatic heterocycles. The van der Waals surface area contributed by atoms with Gasteiger partial charge in [0, 0.05) is 6.20 Å². The van der Waals surface area contributed by atoms with E-state index >= 15 is 0 Å². The monoisotopic (exact) mass is 148 g/mol. The van der Waals surface area contributed by atoms with Gasteiger partial charge in [0.1, 0.15) is 5.52 Å². The molecule has 2 rings (SSSR count). The van der Waals surface area contributed by atoms with Crippen molar-refractivity contribution in [2.75, 3.05) is 5.73 Å². The highest BCUT2D eigenvalue weighted by Crippen LogP contribution is 2.17. The summed E-state index contributed by atoms with van der Waals surface area (Å²) in [6.07, 6.45) is 3.32. The van der Waals surface area contributed by atoms with Crippen molar-refractivity contribution in [3.8, 4) is 0 Å². The lowest BCUT2D eigenvalue weighted by molar-refractivity contribution is 1.28. The number of aromatic nitrogens is 3. The highest BCUT2D eigenvalue weighted by molar-refractivity contribution is 5.85. The maximum Gasteiger partial charge on any atom is 0.159 e. The Hall–Kier alpha value is -1.58. The highest BCUT2D eigenvalue weighted by Gasteiger charge is 2.02. The fourth-order valence-corrected chi connectivity index (χ4v) is 1.00. The second kappa shape index (κ2) is 1.95. The Kier molecular flexibility index (Phi) is 1.09. The molecule has 4 nitrogen and oxygen atoms in total. The fourth-order valence-electron chi connectivity index (χ4n) is 1.00. The van der Waals surface area contributed by atoms with E-state index in [0.29, 0.717) is 5.69 Å². The standard InChI is InChI=1S/C7H8N4/c1-4-2-9-7-6(5(4)8)10-3-11-7/h2-3H,1H3,(H3,8,9,10,11). The topological polar surface area (TPSA) is 67.6 Å². The Morgan fingerprint density at radius 1 is 1.45 bits per heavy atom. The molecule has 0 fully saturated rings. The number of imidazole rings is 1. The van der Waals surface area contributed by atoms with Crippen LogP contribution in [-0.2, 0) is 0 Å². The van der Waals surface area contributed by atoms with Crippen molar-refractivity contribution in [1.82, 2.24) is 15.0 Å². The molecule has 0 saturated heterocycles. The molecule has 11 heavy (non-hydrogen) atoms. The first-order valence-corrected chi connectivity index (χ1v) is 3.33. The number of rotatable bonds is 0. The van der Waals surface area contributed by atoms with Gasteiger partial charge >= 0.3 is 0 Å². The molecule has 4 heteroatoms. The summed E-state index contributed by atoms with van der Waals surface area (Å²) in [5.74, 6) is 0. The number of nitrogens with two attached hydrogens (primary N) is 1. The number of pyridine rings is 1. The Bertz CT molecular complexity index is 390. The summed E-state index contributed by atoms with van der Waals surface area (Å²) in [5.41, 5.74) is 8.91. The Morgan fingerprint density at radius 3 is 3.09 bits per heavy atom. The second-order valence-corrected chi connectivity index (χ2v) is 2.45. The number of nitrogen functional groups attached to an aromatic ring is 1. The number of fused-ring (bicyclic) bond motifs is 1. The van der Waals surface area contributed by atoms with E-state index < -0.39 is 0 Å². The molecule has 2 heterocycles.